The molecule has 12 heteroatoms. The number of nitrogen functional groups attached to an aromatic ring is 1. The van der Waals surface area contributed by atoms with Crippen molar-refractivity contribution in [3.63, 3.8) is 0 Å². The lowest BCUT2D eigenvalue weighted by atomic mass is 10.0. The van der Waals surface area contributed by atoms with Crippen LogP contribution in [0.25, 0.3) is 16.9 Å². The SMILES string of the molecule is CNc1nc(N)nc(-c2cn(-c3ccc(S(=O)(=O)C4CC4)cc3)nc2C)c1CC(F)(F)F. The largest absolute Gasteiger partial charge is 0.393 e. The Labute approximate surface area is 182 Å². The fourth-order valence-corrected chi connectivity index (χ4v) is 5.14. The minimum atomic E-state index is -4.48. The summed E-state index contributed by atoms with van der Waals surface area (Å²) in [5.41, 5.74) is 6.99. The van der Waals surface area contributed by atoms with E-state index in [9.17, 15) is 21.6 Å². The van der Waals surface area contributed by atoms with E-state index in [4.69, 9.17) is 5.73 Å². The molecule has 0 spiro atoms. The Morgan fingerprint density at radius 1 is 1.19 bits per heavy atom. The van der Waals surface area contributed by atoms with Crippen molar-refractivity contribution in [2.75, 3.05) is 18.1 Å². The molecule has 0 amide bonds. The van der Waals surface area contributed by atoms with E-state index in [2.05, 4.69) is 20.4 Å². The number of rotatable bonds is 6. The second-order valence-electron chi connectivity index (χ2n) is 7.61. The molecule has 4 rings (SSSR count). The molecule has 0 unspecified atom stereocenters. The Kier molecular flexibility index (Phi) is 5.35. The average molecular weight is 466 g/mol. The lowest BCUT2D eigenvalue weighted by molar-refractivity contribution is -0.127. The van der Waals surface area contributed by atoms with Crippen LogP contribution in [0.3, 0.4) is 0 Å². The van der Waals surface area contributed by atoms with Crippen LogP contribution in [0, 0.1) is 6.92 Å². The number of anilines is 2. The number of nitrogens with one attached hydrogen (secondary N) is 1. The molecule has 1 aromatic carbocycles. The Balaban J connectivity index is 1.75. The average Bonchev–Trinajstić information content (AvgIpc) is 3.51. The number of aromatic nitrogens is 4. The number of benzene rings is 1. The molecule has 1 fully saturated rings. The van der Waals surface area contributed by atoms with E-state index in [1.807, 2.05) is 0 Å². The van der Waals surface area contributed by atoms with E-state index in [1.165, 1.54) is 23.9 Å². The normalized spacial score (nSPS) is 14.5. The molecule has 2 heterocycles. The van der Waals surface area contributed by atoms with Gasteiger partial charge in [0.15, 0.2) is 9.84 Å². The summed E-state index contributed by atoms with van der Waals surface area (Å²) < 4.78 is 65.9. The quantitative estimate of drug-likeness (QED) is 0.573. The lowest BCUT2D eigenvalue weighted by Crippen LogP contribution is -2.16. The zero-order chi connectivity index (χ0) is 23.3. The van der Waals surface area contributed by atoms with Crippen molar-refractivity contribution < 1.29 is 21.6 Å². The van der Waals surface area contributed by atoms with Crippen LogP contribution in [-0.2, 0) is 16.3 Å². The highest BCUT2D eigenvalue weighted by Gasteiger charge is 2.37. The number of alkyl halides is 3. The number of hydrogen-bond acceptors (Lipinski definition) is 7. The summed E-state index contributed by atoms with van der Waals surface area (Å²) in [6.07, 6.45) is -2.84. The van der Waals surface area contributed by atoms with Crippen LogP contribution in [0.5, 0.6) is 0 Å². The molecule has 3 N–H and O–H groups in total. The first-order chi connectivity index (χ1) is 15.0. The van der Waals surface area contributed by atoms with Crippen LogP contribution in [0.15, 0.2) is 35.4 Å². The van der Waals surface area contributed by atoms with Gasteiger partial charge in [0, 0.05) is 24.4 Å². The molecule has 1 saturated carbocycles. The maximum atomic E-state index is 13.2. The van der Waals surface area contributed by atoms with Crippen molar-refractivity contribution in [2.24, 2.45) is 0 Å². The number of nitrogens with two attached hydrogens (primary N) is 1. The number of hydrogen-bond donors (Lipinski definition) is 2. The zero-order valence-corrected chi connectivity index (χ0v) is 18.1. The minimum Gasteiger partial charge on any atom is -0.373 e. The van der Waals surface area contributed by atoms with Crippen LogP contribution < -0.4 is 11.1 Å². The monoisotopic (exact) mass is 466 g/mol. The van der Waals surface area contributed by atoms with Crippen LogP contribution in [-0.4, -0.2) is 46.6 Å². The van der Waals surface area contributed by atoms with Crippen LogP contribution in [0.4, 0.5) is 24.9 Å². The molecule has 8 nitrogen and oxygen atoms in total. The van der Waals surface area contributed by atoms with Gasteiger partial charge in [-0.1, -0.05) is 0 Å². The molecule has 32 heavy (non-hydrogen) atoms. The van der Waals surface area contributed by atoms with Gasteiger partial charge in [0.05, 0.1) is 33.6 Å². The molecule has 2 aromatic heterocycles. The molecule has 3 aromatic rings. The predicted octanol–water partition coefficient (Wildman–Crippen LogP) is 3.30. The van der Waals surface area contributed by atoms with Gasteiger partial charge in [0.25, 0.3) is 0 Å². The van der Waals surface area contributed by atoms with Crippen molar-refractivity contribution in [1.29, 1.82) is 0 Å². The third kappa shape index (κ3) is 4.27. The highest BCUT2D eigenvalue weighted by atomic mass is 32.2. The predicted molar refractivity (Wildman–Crippen MR) is 113 cm³/mol. The molecular weight excluding hydrogens is 445 g/mol. The van der Waals surface area contributed by atoms with E-state index in [-0.39, 0.29) is 33.2 Å². The topological polar surface area (TPSA) is 116 Å². The van der Waals surface area contributed by atoms with Crippen molar-refractivity contribution >= 4 is 21.6 Å². The van der Waals surface area contributed by atoms with Crippen LogP contribution in [0.1, 0.15) is 24.1 Å². The summed E-state index contributed by atoms with van der Waals surface area (Å²) in [6, 6.07) is 6.23. The van der Waals surface area contributed by atoms with Crippen molar-refractivity contribution in [3.8, 4) is 16.9 Å². The third-order valence-electron chi connectivity index (χ3n) is 5.19. The molecule has 1 aliphatic carbocycles. The van der Waals surface area contributed by atoms with Gasteiger partial charge in [0.2, 0.25) is 5.95 Å². The molecule has 0 radical (unpaired) electrons. The van der Waals surface area contributed by atoms with Crippen molar-refractivity contribution in [3.05, 3.63) is 41.7 Å². The molecule has 0 atom stereocenters. The van der Waals surface area contributed by atoms with Gasteiger partial charge in [-0.15, -0.1) is 0 Å². The molecule has 170 valence electrons. The second kappa shape index (κ2) is 7.76. The maximum absolute atomic E-state index is 13.2. The van der Waals surface area contributed by atoms with E-state index < -0.39 is 22.4 Å². The van der Waals surface area contributed by atoms with E-state index in [0.29, 0.717) is 29.8 Å². The molecule has 0 bridgehead atoms. The first kappa shape index (κ1) is 22.1. The van der Waals surface area contributed by atoms with E-state index in [1.54, 1.807) is 25.3 Å². The Morgan fingerprint density at radius 3 is 2.41 bits per heavy atom. The Hall–Kier alpha value is -3.15. The fraction of sp³-hybridized carbons (Fsp3) is 0.350. The summed E-state index contributed by atoms with van der Waals surface area (Å²) in [7, 11) is -1.86. The van der Waals surface area contributed by atoms with Gasteiger partial charge >= 0.3 is 6.18 Å². The highest BCUT2D eigenvalue weighted by molar-refractivity contribution is 7.92. The number of nitrogens with zero attached hydrogens (tertiary/aromatic N) is 4. The Bertz CT molecular complexity index is 1270. The summed E-state index contributed by atoms with van der Waals surface area (Å²) in [6.45, 7) is 1.65. The smallest absolute Gasteiger partial charge is 0.373 e. The summed E-state index contributed by atoms with van der Waals surface area (Å²) in [5, 5.41) is 6.71. The van der Waals surface area contributed by atoms with Crippen molar-refractivity contribution in [1.82, 2.24) is 19.7 Å². The number of aryl methyl sites for hydroxylation is 1. The third-order valence-corrected chi connectivity index (χ3v) is 7.46. The summed E-state index contributed by atoms with van der Waals surface area (Å²) >= 11 is 0. The summed E-state index contributed by atoms with van der Waals surface area (Å²) in [4.78, 5) is 8.19. The van der Waals surface area contributed by atoms with E-state index >= 15 is 0 Å². The standard InChI is InChI=1S/C20H21F3N6O2S/c1-11-16(17-15(9-20(21,22)23)18(25-2)27-19(24)26-17)10-29(28-11)12-3-5-13(6-4-12)32(30,31)14-7-8-14/h3-6,10,14H,7-9H2,1-2H3,(H3,24,25,26,27). The molecule has 0 aliphatic heterocycles. The van der Waals surface area contributed by atoms with Crippen LogP contribution in [0.2, 0.25) is 0 Å². The first-order valence-corrected chi connectivity index (χ1v) is 11.4. The number of sulfone groups is 1. The fourth-order valence-electron chi connectivity index (χ4n) is 3.48. The number of halogens is 3. The van der Waals surface area contributed by atoms with Crippen LogP contribution >= 0.6 is 0 Å². The van der Waals surface area contributed by atoms with Gasteiger partial charge in [-0.05, 0) is 44.0 Å². The lowest BCUT2D eigenvalue weighted by Gasteiger charge is -2.15. The molecule has 1 aliphatic rings. The van der Waals surface area contributed by atoms with Gasteiger partial charge in [-0.2, -0.15) is 23.3 Å². The second-order valence-corrected chi connectivity index (χ2v) is 9.84. The zero-order valence-electron chi connectivity index (χ0n) is 17.3. The minimum absolute atomic E-state index is 0.00777. The first-order valence-electron chi connectivity index (χ1n) is 9.81. The van der Waals surface area contributed by atoms with Gasteiger partial charge in [0.1, 0.15) is 5.82 Å². The molecule has 0 saturated heterocycles. The summed E-state index contributed by atoms with van der Waals surface area (Å²) in [5.74, 6) is -0.177. The van der Waals surface area contributed by atoms with Gasteiger partial charge < -0.3 is 11.1 Å². The molecular formula is C20H21F3N6O2S. The van der Waals surface area contributed by atoms with Crippen molar-refractivity contribution in [2.45, 2.75) is 42.5 Å². The maximum Gasteiger partial charge on any atom is 0.393 e. The van der Waals surface area contributed by atoms with E-state index in [0.717, 1.165) is 0 Å². The van der Waals surface area contributed by atoms with Gasteiger partial charge in [-0.25, -0.2) is 18.1 Å². The highest BCUT2D eigenvalue weighted by Crippen LogP contribution is 2.35. The Morgan fingerprint density at radius 2 is 1.84 bits per heavy atom. The van der Waals surface area contributed by atoms with Gasteiger partial charge in [-0.3, -0.25) is 0 Å².